The molecule has 0 radical (unpaired) electrons. The third-order valence-electron chi connectivity index (χ3n) is 4.84. The van der Waals surface area contributed by atoms with Gasteiger partial charge >= 0.3 is 0 Å². The van der Waals surface area contributed by atoms with Crippen LogP contribution in [0, 0.1) is 11.7 Å². The SMILES string of the molecule is C[C@@H](COc1ccccc1)NC(=O)[C@H]1CCCN(S(=O)(=O)c2ccc(F)cc2)C1. The van der Waals surface area contributed by atoms with E-state index in [1.165, 1.54) is 16.4 Å². The molecule has 0 spiro atoms. The van der Waals surface area contributed by atoms with Gasteiger partial charge in [-0.25, -0.2) is 12.8 Å². The Balaban J connectivity index is 1.56. The lowest BCUT2D eigenvalue weighted by Crippen LogP contribution is -2.48. The van der Waals surface area contributed by atoms with E-state index in [0.717, 1.165) is 17.9 Å². The first-order chi connectivity index (χ1) is 13.9. The van der Waals surface area contributed by atoms with E-state index in [9.17, 15) is 17.6 Å². The van der Waals surface area contributed by atoms with Crippen LogP contribution in [0.2, 0.25) is 0 Å². The van der Waals surface area contributed by atoms with Crippen molar-refractivity contribution in [2.24, 2.45) is 5.92 Å². The van der Waals surface area contributed by atoms with Crippen molar-refractivity contribution >= 4 is 15.9 Å². The lowest BCUT2D eigenvalue weighted by atomic mass is 9.98. The van der Waals surface area contributed by atoms with Crippen molar-refractivity contribution in [3.05, 3.63) is 60.4 Å². The minimum Gasteiger partial charge on any atom is -0.491 e. The van der Waals surface area contributed by atoms with E-state index in [4.69, 9.17) is 4.74 Å². The van der Waals surface area contributed by atoms with E-state index >= 15 is 0 Å². The average molecular weight is 421 g/mol. The summed E-state index contributed by atoms with van der Waals surface area (Å²) in [5.74, 6) is -0.388. The minimum absolute atomic E-state index is 0.0320. The molecule has 2 aromatic rings. The molecule has 0 bridgehead atoms. The fourth-order valence-corrected chi connectivity index (χ4v) is 4.79. The summed E-state index contributed by atoms with van der Waals surface area (Å²) in [6, 6.07) is 13.8. The van der Waals surface area contributed by atoms with Gasteiger partial charge in [0.1, 0.15) is 18.2 Å². The van der Waals surface area contributed by atoms with E-state index in [1.54, 1.807) is 0 Å². The number of halogens is 1. The van der Waals surface area contributed by atoms with Crippen molar-refractivity contribution in [2.45, 2.75) is 30.7 Å². The first kappa shape index (κ1) is 21.3. The number of nitrogens with zero attached hydrogens (tertiary/aromatic N) is 1. The summed E-state index contributed by atoms with van der Waals surface area (Å²) in [7, 11) is -3.76. The zero-order chi connectivity index (χ0) is 20.9. The summed E-state index contributed by atoms with van der Waals surface area (Å²) >= 11 is 0. The molecule has 156 valence electrons. The maximum Gasteiger partial charge on any atom is 0.243 e. The van der Waals surface area contributed by atoms with Crippen molar-refractivity contribution in [1.29, 1.82) is 0 Å². The third-order valence-corrected chi connectivity index (χ3v) is 6.72. The summed E-state index contributed by atoms with van der Waals surface area (Å²) in [6.45, 7) is 2.62. The summed E-state index contributed by atoms with van der Waals surface area (Å²) in [6.07, 6.45) is 1.21. The Labute approximate surface area is 170 Å². The van der Waals surface area contributed by atoms with Crippen LogP contribution in [-0.2, 0) is 14.8 Å². The van der Waals surface area contributed by atoms with Crippen LogP contribution >= 0.6 is 0 Å². The molecule has 2 aromatic carbocycles. The highest BCUT2D eigenvalue weighted by Crippen LogP contribution is 2.24. The predicted octanol–water partition coefficient (Wildman–Crippen LogP) is 2.81. The lowest BCUT2D eigenvalue weighted by molar-refractivity contribution is -0.126. The highest BCUT2D eigenvalue weighted by Gasteiger charge is 2.33. The van der Waals surface area contributed by atoms with Crippen LogP contribution in [-0.4, -0.2) is 44.4 Å². The zero-order valence-electron chi connectivity index (χ0n) is 16.3. The Morgan fingerprint density at radius 3 is 2.59 bits per heavy atom. The fourth-order valence-electron chi connectivity index (χ4n) is 3.27. The molecule has 6 nitrogen and oxygen atoms in total. The summed E-state index contributed by atoms with van der Waals surface area (Å²) < 4.78 is 45.7. The fraction of sp³-hybridized carbons (Fsp3) is 0.381. The van der Waals surface area contributed by atoms with E-state index in [2.05, 4.69) is 5.32 Å². The Kier molecular flexibility index (Phi) is 6.87. The maximum atomic E-state index is 13.1. The highest BCUT2D eigenvalue weighted by atomic mass is 32.2. The molecular formula is C21H25FN2O4S. The van der Waals surface area contributed by atoms with E-state index in [0.29, 0.717) is 26.0 Å². The molecule has 8 heteroatoms. The van der Waals surface area contributed by atoms with Crippen LogP contribution in [0.5, 0.6) is 5.75 Å². The molecule has 0 saturated carbocycles. The van der Waals surface area contributed by atoms with Crippen LogP contribution in [0.3, 0.4) is 0 Å². The first-order valence-corrected chi connectivity index (χ1v) is 11.0. The number of nitrogens with one attached hydrogen (secondary N) is 1. The lowest BCUT2D eigenvalue weighted by Gasteiger charge is -2.31. The van der Waals surface area contributed by atoms with Crippen molar-refractivity contribution in [2.75, 3.05) is 19.7 Å². The molecule has 1 aliphatic rings. The van der Waals surface area contributed by atoms with Crippen LogP contribution in [0.15, 0.2) is 59.5 Å². The summed E-state index contributed by atoms with van der Waals surface area (Å²) in [5, 5.41) is 2.90. The van der Waals surface area contributed by atoms with Gasteiger partial charge in [-0.05, 0) is 56.2 Å². The van der Waals surface area contributed by atoms with E-state index < -0.39 is 21.8 Å². The minimum atomic E-state index is -3.76. The number of rotatable bonds is 7. The highest BCUT2D eigenvalue weighted by molar-refractivity contribution is 7.89. The van der Waals surface area contributed by atoms with Gasteiger partial charge in [0.05, 0.1) is 16.9 Å². The molecule has 1 aliphatic heterocycles. The summed E-state index contributed by atoms with van der Waals surface area (Å²) in [4.78, 5) is 12.7. The van der Waals surface area contributed by atoms with Crippen LogP contribution in [0.4, 0.5) is 4.39 Å². The van der Waals surface area contributed by atoms with Crippen molar-refractivity contribution in [3.63, 3.8) is 0 Å². The van der Waals surface area contributed by atoms with Crippen LogP contribution in [0.25, 0.3) is 0 Å². The Morgan fingerprint density at radius 2 is 1.90 bits per heavy atom. The molecule has 0 aliphatic carbocycles. The molecule has 0 aromatic heterocycles. The molecule has 1 saturated heterocycles. The molecule has 1 heterocycles. The van der Waals surface area contributed by atoms with Gasteiger partial charge in [0.25, 0.3) is 0 Å². The number of sulfonamides is 1. The second-order valence-corrected chi connectivity index (χ2v) is 9.13. The third kappa shape index (κ3) is 5.55. The van der Waals surface area contributed by atoms with Gasteiger partial charge in [-0.2, -0.15) is 4.31 Å². The normalized spacial score (nSPS) is 18.8. The smallest absolute Gasteiger partial charge is 0.243 e. The van der Waals surface area contributed by atoms with Crippen molar-refractivity contribution in [1.82, 2.24) is 9.62 Å². The van der Waals surface area contributed by atoms with Crippen molar-refractivity contribution in [3.8, 4) is 5.75 Å². The molecule has 29 heavy (non-hydrogen) atoms. The van der Waals surface area contributed by atoms with Crippen LogP contribution < -0.4 is 10.1 Å². The molecular weight excluding hydrogens is 395 g/mol. The zero-order valence-corrected chi connectivity index (χ0v) is 17.1. The standard InChI is InChI=1S/C21H25FN2O4S/c1-16(15-28-19-7-3-2-4-8-19)23-21(25)17-6-5-13-24(14-17)29(26,27)20-11-9-18(22)10-12-20/h2-4,7-12,16-17H,5-6,13-15H2,1H3,(H,23,25)/t16-,17-/m0/s1. The number of hydrogen-bond acceptors (Lipinski definition) is 4. The average Bonchev–Trinajstić information content (AvgIpc) is 2.73. The van der Waals surface area contributed by atoms with Gasteiger partial charge < -0.3 is 10.1 Å². The second-order valence-electron chi connectivity index (χ2n) is 7.19. The Bertz CT molecular complexity index is 919. The first-order valence-electron chi connectivity index (χ1n) is 9.60. The predicted molar refractivity (Wildman–Crippen MR) is 107 cm³/mol. The molecule has 3 rings (SSSR count). The molecule has 1 fully saturated rings. The largest absolute Gasteiger partial charge is 0.491 e. The number of piperidine rings is 1. The molecule has 2 atom stereocenters. The number of carbonyl (C=O) groups is 1. The Morgan fingerprint density at radius 1 is 1.21 bits per heavy atom. The number of para-hydroxylation sites is 1. The van der Waals surface area contributed by atoms with E-state index in [1.807, 2.05) is 37.3 Å². The Hall–Kier alpha value is -2.45. The van der Waals surface area contributed by atoms with Gasteiger partial charge in [0, 0.05) is 13.1 Å². The summed E-state index contributed by atoms with van der Waals surface area (Å²) in [5.41, 5.74) is 0. The quantitative estimate of drug-likeness (QED) is 0.747. The van der Waals surface area contributed by atoms with Gasteiger partial charge in [-0.1, -0.05) is 18.2 Å². The van der Waals surface area contributed by atoms with Gasteiger partial charge in [0.2, 0.25) is 15.9 Å². The molecule has 1 amide bonds. The number of ether oxygens (including phenoxy) is 1. The second kappa shape index (κ2) is 9.37. The van der Waals surface area contributed by atoms with Crippen molar-refractivity contribution < 1.29 is 22.3 Å². The number of carbonyl (C=O) groups excluding carboxylic acids is 1. The van der Waals surface area contributed by atoms with Crippen LogP contribution in [0.1, 0.15) is 19.8 Å². The van der Waals surface area contributed by atoms with Gasteiger partial charge in [0.15, 0.2) is 0 Å². The van der Waals surface area contributed by atoms with Gasteiger partial charge in [-0.3, -0.25) is 4.79 Å². The van der Waals surface area contributed by atoms with E-state index in [-0.39, 0.29) is 23.4 Å². The molecule has 0 unspecified atom stereocenters. The number of hydrogen-bond donors (Lipinski definition) is 1. The topological polar surface area (TPSA) is 75.7 Å². The molecule has 1 N–H and O–H groups in total. The monoisotopic (exact) mass is 420 g/mol. The van der Waals surface area contributed by atoms with Gasteiger partial charge in [-0.15, -0.1) is 0 Å². The number of amides is 1. The number of benzene rings is 2. The maximum absolute atomic E-state index is 13.1.